The maximum atomic E-state index is 12.1. The van der Waals surface area contributed by atoms with Crippen LogP contribution in [0.3, 0.4) is 0 Å². The summed E-state index contributed by atoms with van der Waals surface area (Å²) in [4.78, 5) is 3.76. The molecule has 0 radical (unpaired) electrons. The molecule has 1 heterocycles. The van der Waals surface area contributed by atoms with Crippen LogP contribution < -0.4 is 10.5 Å². The number of nitrogens with zero attached hydrogens (tertiary/aromatic N) is 2. The molecule has 0 fully saturated rings. The van der Waals surface area contributed by atoms with Gasteiger partial charge < -0.3 is 10.3 Å². The minimum absolute atomic E-state index is 0.00836. The largest absolute Gasteiger partial charge is 0.381 e. The van der Waals surface area contributed by atoms with Gasteiger partial charge in [-0.05, 0) is 20.3 Å². The highest BCUT2D eigenvalue weighted by atomic mass is 32.2. The highest BCUT2D eigenvalue weighted by Crippen LogP contribution is 2.19. The zero-order valence-electron chi connectivity index (χ0n) is 9.98. The number of nitrogen functional groups attached to an aromatic ring is 1. The molecule has 16 heavy (non-hydrogen) atoms. The Morgan fingerprint density at radius 1 is 1.56 bits per heavy atom. The van der Waals surface area contributed by atoms with Gasteiger partial charge in [0.15, 0.2) is 10.8 Å². The summed E-state index contributed by atoms with van der Waals surface area (Å²) in [5, 5.41) is 0.00836. The van der Waals surface area contributed by atoms with E-state index in [1.807, 2.05) is 20.8 Å². The molecule has 0 aliphatic heterocycles. The summed E-state index contributed by atoms with van der Waals surface area (Å²) < 4.78 is 28.1. The first kappa shape index (κ1) is 13.0. The number of aryl methyl sites for hydroxylation is 1. The number of imidazole rings is 1. The van der Waals surface area contributed by atoms with Crippen molar-refractivity contribution in [1.29, 1.82) is 0 Å². The van der Waals surface area contributed by atoms with Gasteiger partial charge in [-0.25, -0.2) is 18.1 Å². The van der Waals surface area contributed by atoms with Crippen LogP contribution in [0.4, 0.5) is 5.82 Å². The standard InChI is InChI=1S/C9H18N4O2S/c1-5-9(2,3)12-16(14,15)8-7(10)11-6-13(8)4/h6,12H,5,10H2,1-4H3. The highest BCUT2D eigenvalue weighted by molar-refractivity contribution is 7.89. The molecule has 0 saturated heterocycles. The molecule has 0 aliphatic carbocycles. The van der Waals surface area contributed by atoms with Crippen molar-refractivity contribution in [2.75, 3.05) is 5.73 Å². The summed E-state index contributed by atoms with van der Waals surface area (Å²) in [6, 6.07) is 0. The number of hydrogen-bond donors (Lipinski definition) is 2. The van der Waals surface area contributed by atoms with E-state index >= 15 is 0 Å². The molecule has 0 atom stereocenters. The number of aromatic nitrogens is 2. The van der Waals surface area contributed by atoms with Crippen molar-refractivity contribution in [2.24, 2.45) is 7.05 Å². The lowest BCUT2D eigenvalue weighted by Crippen LogP contribution is -2.43. The molecule has 1 aromatic rings. The highest BCUT2D eigenvalue weighted by Gasteiger charge is 2.28. The predicted molar refractivity (Wildman–Crippen MR) is 62.3 cm³/mol. The minimum Gasteiger partial charge on any atom is -0.381 e. The van der Waals surface area contributed by atoms with Gasteiger partial charge in [0.25, 0.3) is 10.0 Å². The molecule has 0 saturated carbocycles. The third-order valence-corrected chi connectivity index (χ3v) is 4.29. The lowest BCUT2D eigenvalue weighted by molar-refractivity contribution is 0.437. The molecular formula is C9H18N4O2S. The van der Waals surface area contributed by atoms with Crippen molar-refractivity contribution >= 4 is 15.8 Å². The van der Waals surface area contributed by atoms with Gasteiger partial charge in [-0.15, -0.1) is 0 Å². The van der Waals surface area contributed by atoms with Gasteiger partial charge >= 0.3 is 0 Å². The molecule has 1 aromatic heterocycles. The van der Waals surface area contributed by atoms with E-state index in [2.05, 4.69) is 9.71 Å². The van der Waals surface area contributed by atoms with E-state index in [1.54, 1.807) is 7.05 Å². The molecular weight excluding hydrogens is 228 g/mol. The zero-order chi connectivity index (χ0) is 12.6. The summed E-state index contributed by atoms with van der Waals surface area (Å²) in [5.41, 5.74) is 5.03. The summed E-state index contributed by atoms with van der Waals surface area (Å²) in [7, 11) is -2.03. The second kappa shape index (κ2) is 4.06. The van der Waals surface area contributed by atoms with Gasteiger partial charge in [-0.3, -0.25) is 0 Å². The van der Waals surface area contributed by atoms with Crippen LogP contribution in [0, 0.1) is 0 Å². The minimum atomic E-state index is -3.62. The quantitative estimate of drug-likeness (QED) is 0.808. The van der Waals surface area contributed by atoms with Gasteiger partial charge in [0, 0.05) is 12.6 Å². The summed E-state index contributed by atoms with van der Waals surface area (Å²) >= 11 is 0. The fourth-order valence-corrected chi connectivity index (χ4v) is 2.97. The lowest BCUT2D eigenvalue weighted by Gasteiger charge is -2.24. The Labute approximate surface area is 95.9 Å². The fourth-order valence-electron chi connectivity index (χ4n) is 1.25. The molecule has 1 rings (SSSR count). The molecule has 0 spiro atoms. The lowest BCUT2D eigenvalue weighted by atomic mass is 10.0. The van der Waals surface area contributed by atoms with Crippen LogP contribution in [-0.4, -0.2) is 23.5 Å². The van der Waals surface area contributed by atoms with Crippen molar-refractivity contribution in [3.63, 3.8) is 0 Å². The molecule has 0 aliphatic rings. The van der Waals surface area contributed by atoms with Crippen LogP contribution in [0.5, 0.6) is 0 Å². The molecule has 3 N–H and O–H groups in total. The van der Waals surface area contributed by atoms with E-state index < -0.39 is 15.6 Å². The second-order valence-corrected chi connectivity index (χ2v) is 5.99. The van der Waals surface area contributed by atoms with Crippen LogP contribution in [0.25, 0.3) is 0 Å². The van der Waals surface area contributed by atoms with Crippen LogP contribution in [0.1, 0.15) is 27.2 Å². The van der Waals surface area contributed by atoms with Gasteiger partial charge in [0.2, 0.25) is 0 Å². The Hall–Kier alpha value is -1.08. The molecule has 0 aromatic carbocycles. The topological polar surface area (TPSA) is 90.0 Å². The normalized spacial score (nSPS) is 13.0. The van der Waals surface area contributed by atoms with Crippen LogP contribution in [0.2, 0.25) is 0 Å². The number of nitrogens with two attached hydrogens (primary N) is 1. The first-order chi connectivity index (χ1) is 7.19. The van der Waals surface area contributed by atoms with Crippen LogP contribution >= 0.6 is 0 Å². The number of hydrogen-bond acceptors (Lipinski definition) is 4. The number of rotatable bonds is 4. The average Bonchev–Trinajstić information content (AvgIpc) is 2.44. The van der Waals surface area contributed by atoms with Gasteiger partial charge in [0.1, 0.15) is 0 Å². The monoisotopic (exact) mass is 246 g/mol. The second-order valence-electron chi connectivity index (χ2n) is 4.39. The first-order valence-corrected chi connectivity index (χ1v) is 6.48. The Kier molecular flexibility index (Phi) is 3.30. The molecule has 7 heteroatoms. The molecule has 6 nitrogen and oxygen atoms in total. The van der Waals surface area contributed by atoms with E-state index in [0.29, 0.717) is 6.42 Å². The number of anilines is 1. The zero-order valence-corrected chi connectivity index (χ0v) is 10.8. The van der Waals surface area contributed by atoms with Gasteiger partial charge in [0.05, 0.1) is 6.33 Å². The SMILES string of the molecule is CCC(C)(C)NS(=O)(=O)c1c(N)ncn1C. The Morgan fingerprint density at radius 2 is 2.12 bits per heavy atom. The fraction of sp³-hybridized carbons (Fsp3) is 0.667. The van der Waals surface area contributed by atoms with E-state index in [0.717, 1.165) is 0 Å². The summed E-state index contributed by atoms with van der Waals surface area (Å²) in [6.45, 7) is 5.54. The number of nitrogens with one attached hydrogen (secondary N) is 1. The maximum Gasteiger partial charge on any atom is 0.260 e. The predicted octanol–water partition coefficient (Wildman–Crippen LogP) is 0.469. The Balaban J connectivity index is 3.14. The van der Waals surface area contributed by atoms with E-state index in [4.69, 9.17) is 5.73 Å². The molecule has 92 valence electrons. The van der Waals surface area contributed by atoms with Crippen molar-refractivity contribution in [1.82, 2.24) is 14.3 Å². The van der Waals surface area contributed by atoms with E-state index in [9.17, 15) is 8.42 Å². The third kappa shape index (κ3) is 2.53. The van der Waals surface area contributed by atoms with Gasteiger partial charge in [-0.2, -0.15) is 0 Å². The van der Waals surface area contributed by atoms with Crippen molar-refractivity contribution < 1.29 is 8.42 Å². The summed E-state index contributed by atoms with van der Waals surface area (Å²) in [6.07, 6.45) is 2.06. The van der Waals surface area contributed by atoms with Crippen LogP contribution in [0.15, 0.2) is 11.4 Å². The Bertz CT molecular complexity index is 456. The van der Waals surface area contributed by atoms with Crippen molar-refractivity contribution in [2.45, 2.75) is 37.8 Å². The van der Waals surface area contributed by atoms with Crippen molar-refractivity contribution in [3.05, 3.63) is 6.33 Å². The van der Waals surface area contributed by atoms with E-state index in [1.165, 1.54) is 10.9 Å². The Morgan fingerprint density at radius 3 is 2.50 bits per heavy atom. The molecule has 0 bridgehead atoms. The van der Waals surface area contributed by atoms with Crippen molar-refractivity contribution in [3.8, 4) is 0 Å². The number of sulfonamides is 1. The third-order valence-electron chi connectivity index (χ3n) is 2.46. The smallest absolute Gasteiger partial charge is 0.260 e. The van der Waals surface area contributed by atoms with Gasteiger partial charge in [-0.1, -0.05) is 6.92 Å². The van der Waals surface area contributed by atoms with E-state index in [-0.39, 0.29) is 10.8 Å². The molecule has 0 unspecified atom stereocenters. The maximum absolute atomic E-state index is 12.1. The van der Waals surface area contributed by atoms with Crippen LogP contribution in [-0.2, 0) is 17.1 Å². The molecule has 0 amide bonds. The first-order valence-electron chi connectivity index (χ1n) is 5.00. The summed E-state index contributed by atoms with van der Waals surface area (Å²) in [5.74, 6) is 0.0157. The average molecular weight is 246 g/mol.